The van der Waals surface area contributed by atoms with Crippen molar-refractivity contribution in [3.05, 3.63) is 66.9 Å². The molecule has 1 fully saturated rings. The van der Waals surface area contributed by atoms with Crippen molar-refractivity contribution in [3.63, 3.8) is 0 Å². The van der Waals surface area contributed by atoms with Crippen molar-refractivity contribution in [3.8, 4) is 0 Å². The third kappa shape index (κ3) is 4.66. The summed E-state index contributed by atoms with van der Waals surface area (Å²) in [5.41, 5.74) is 3.58. The van der Waals surface area contributed by atoms with Crippen LogP contribution in [0.25, 0.3) is 5.70 Å². The lowest BCUT2D eigenvalue weighted by atomic mass is 10.2. The molecule has 4 rings (SSSR count). The van der Waals surface area contributed by atoms with Crippen LogP contribution in [0.15, 0.2) is 49.8 Å². The van der Waals surface area contributed by atoms with Gasteiger partial charge in [0.2, 0.25) is 0 Å². The molecule has 0 saturated heterocycles. The van der Waals surface area contributed by atoms with E-state index in [0.717, 1.165) is 18.5 Å². The minimum atomic E-state index is -0.170. The van der Waals surface area contributed by atoms with Crippen molar-refractivity contribution >= 4 is 28.8 Å². The molecule has 1 aliphatic carbocycles. The Balaban J connectivity index is 1.65. The van der Waals surface area contributed by atoms with Gasteiger partial charge in [0.05, 0.1) is 41.4 Å². The summed E-state index contributed by atoms with van der Waals surface area (Å²) < 4.78 is 0. The Morgan fingerprint density at radius 3 is 2.68 bits per heavy atom. The maximum atomic E-state index is 12.7. The first kappa shape index (κ1) is 20.4. The van der Waals surface area contributed by atoms with E-state index >= 15 is 0 Å². The molecule has 1 aliphatic rings. The van der Waals surface area contributed by atoms with Crippen molar-refractivity contribution in [1.29, 1.82) is 0 Å². The lowest BCUT2D eigenvalue weighted by Gasteiger charge is -2.18. The largest absolute Gasteiger partial charge is 0.352 e. The molecule has 9 heteroatoms. The van der Waals surface area contributed by atoms with Gasteiger partial charge in [0.1, 0.15) is 12.0 Å². The summed E-state index contributed by atoms with van der Waals surface area (Å²) in [7, 11) is 1.74. The van der Waals surface area contributed by atoms with E-state index in [1.807, 2.05) is 6.92 Å². The highest BCUT2D eigenvalue weighted by molar-refractivity contribution is 5.99. The highest BCUT2D eigenvalue weighted by Gasteiger charge is 2.27. The number of pyridine rings is 1. The van der Waals surface area contributed by atoms with Crippen LogP contribution < -0.4 is 10.6 Å². The lowest BCUT2D eigenvalue weighted by molar-refractivity contribution is 0.0798. The molecular weight excluding hydrogens is 392 g/mol. The Morgan fingerprint density at radius 1 is 1.19 bits per heavy atom. The highest BCUT2D eigenvalue weighted by Crippen LogP contribution is 2.39. The van der Waals surface area contributed by atoms with E-state index in [1.165, 1.54) is 6.33 Å². The second kappa shape index (κ2) is 8.86. The fourth-order valence-corrected chi connectivity index (χ4v) is 3.00. The Kier molecular flexibility index (Phi) is 5.83. The number of nitrogens with zero attached hydrogens (tertiary/aromatic N) is 6. The van der Waals surface area contributed by atoms with E-state index in [0.29, 0.717) is 46.7 Å². The van der Waals surface area contributed by atoms with Crippen LogP contribution in [0.4, 0.5) is 17.2 Å². The van der Waals surface area contributed by atoms with E-state index in [9.17, 15) is 4.79 Å². The Morgan fingerprint density at radius 2 is 1.97 bits per heavy atom. The summed E-state index contributed by atoms with van der Waals surface area (Å²) >= 11 is 0. The number of hydrogen-bond acceptors (Lipinski definition) is 8. The first-order valence-corrected chi connectivity index (χ1v) is 10.1. The number of carbonyl (C=O) groups excluding carboxylic acids is 1. The van der Waals surface area contributed by atoms with Crippen molar-refractivity contribution < 1.29 is 4.79 Å². The smallest absolute Gasteiger partial charge is 0.274 e. The number of nitrogens with one attached hydrogen (secondary N) is 2. The SMILES string of the molecule is C=C(Nc1cccnc1C(=O)N(C)CC)c1nc(C2CC2)cnc1Nc1cncnc1. The standard InChI is InChI=1S/C22H24N8O/c1-4-30(3)22(31)20-17(6-5-9-25-20)27-14(2)19-21(28-16-10-23-13-24-11-16)26-12-18(29-19)15-7-8-15/h5-6,9-13,15,27H,2,4,7-8H2,1,3H3,(H,26,28). The van der Waals surface area contributed by atoms with Gasteiger partial charge in [-0.05, 0) is 31.9 Å². The minimum Gasteiger partial charge on any atom is -0.352 e. The third-order valence-corrected chi connectivity index (χ3v) is 5.01. The van der Waals surface area contributed by atoms with Crippen LogP contribution in [0.1, 0.15) is 47.6 Å². The number of amides is 1. The van der Waals surface area contributed by atoms with Crippen molar-refractivity contribution in [1.82, 2.24) is 29.8 Å². The maximum Gasteiger partial charge on any atom is 0.274 e. The molecule has 3 heterocycles. The number of anilines is 3. The second-order valence-electron chi connectivity index (χ2n) is 7.34. The van der Waals surface area contributed by atoms with Crippen molar-refractivity contribution in [2.45, 2.75) is 25.7 Å². The van der Waals surface area contributed by atoms with Gasteiger partial charge < -0.3 is 15.5 Å². The normalized spacial score (nSPS) is 12.8. The number of hydrogen-bond donors (Lipinski definition) is 2. The Labute approximate surface area is 180 Å². The lowest BCUT2D eigenvalue weighted by Crippen LogP contribution is -2.27. The van der Waals surface area contributed by atoms with Gasteiger partial charge in [-0.2, -0.15) is 0 Å². The first-order chi connectivity index (χ1) is 15.1. The molecule has 1 saturated carbocycles. The van der Waals surface area contributed by atoms with Gasteiger partial charge in [-0.3, -0.25) is 4.79 Å². The molecule has 0 atom stereocenters. The zero-order valence-electron chi connectivity index (χ0n) is 17.5. The van der Waals surface area contributed by atoms with E-state index in [1.54, 1.807) is 48.9 Å². The molecular formula is C22H24N8O. The summed E-state index contributed by atoms with van der Waals surface area (Å²) in [6.07, 6.45) is 10.4. The van der Waals surface area contributed by atoms with Crippen LogP contribution in [0, 0.1) is 0 Å². The van der Waals surface area contributed by atoms with Gasteiger partial charge in [0.25, 0.3) is 5.91 Å². The third-order valence-electron chi connectivity index (χ3n) is 5.01. The van der Waals surface area contributed by atoms with Crippen LogP contribution in [0.2, 0.25) is 0 Å². The van der Waals surface area contributed by atoms with Gasteiger partial charge in [0, 0.05) is 25.7 Å². The molecule has 0 spiro atoms. The van der Waals surface area contributed by atoms with Gasteiger partial charge in [-0.15, -0.1) is 0 Å². The number of rotatable bonds is 8. The van der Waals surface area contributed by atoms with Crippen molar-refractivity contribution in [2.24, 2.45) is 0 Å². The molecule has 0 bridgehead atoms. The zero-order chi connectivity index (χ0) is 21.8. The zero-order valence-corrected chi connectivity index (χ0v) is 17.5. The van der Waals surface area contributed by atoms with Gasteiger partial charge in [-0.25, -0.2) is 24.9 Å². The number of aromatic nitrogens is 5. The predicted octanol–water partition coefficient (Wildman–Crippen LogP) is 3.46. The fourth-order valence-electron chi connectivity index (χ4n) is 3.00. The average molecular weight is 416 g/mol. The van der Waals surface area contributed by atoms with E-state index in [4.69, 9.17) is 4.98 Å². The number of carbonyl (C=O) groups is 1. The summed E-state index contributed by atoms with van der Waals surface area (Å²) in [4.78, 5) is 36.0. The molecule has 31 heavy (non-hydrogen) atoms. The Bertz CT molecular complexity index is 1100. The van der Waals surface area contributed by atoms with Crippen LogP contribution in [-0.2, 0) is 0 Å². The molecule has 0 aromatic carbocycles. The highest BCUT2D eigenvalue weighted by atomic mass is 16.2. The van der Waals surface area contributed by atoms with Crippen LogP contribution >= 0.6 is 0 Å². The van der Waals surface area contributed by atoms with Gasteiger partial charge in [0.15, 0.2) is 11.5 Å². The second-order valence-corrected chi connectivity index (χ2v) is 7.34. The maximum absolute atomic E-state index is 12.7. The minimum absolute atomic E-state index is 0.170. The molecule has 3 aromatic heterocycles. The molecule has 0 aliphatic heterocycles. The molecule has 2 N–H and O–H groups in total. The van der Waals surface area contributed by atoms with Gasteiger partial charge in [-0.1, -0.05) is 6.58 Å². The topological polar surface area (TPSA) is 109 Å². The van der Waals surface area contributed by atoms with Crippen LogP contribution in [0.3, 0.4) is 0 Å². The van der Waals surface area contributed by atoms with E-state index in [2.05, 4.69) is 37.1 Å². The van der Waals surface area contributed by atoms with Crippen LogP contribution in [0.5, 0.6) is 0 Å². The molecule has 0 radical (unpaired) electrons. The summed E-state index contributed by atoms with van der Waals surface area (Å²) in [6.45, 7) is 6.67. The Hall–Kier alpha value is -3.88. The predicted molar refractivity (Wildman–Crippen MR) is 119 cm³/mol. The molecule has 3 aromatic rings. The average Bonchev–Trinajstić information content (AvgIpc) is 3.65. The molecule has 0 unspecified atom stereocenters. The van der Waals surface area contributed by atoms with Gasteiger partial charge >= 0.3 is 0 Å². The summed E-state index contributed by atoms with van der Waals surface area (Å²) in [5.74, 6) is 0.789. The molecule has 1 amide bonds. The first-order valence-electron chi connectivity index (χ1n) is 10.1. The quantitative estimate of drug-likeness (QED) is 0.575. The monoisotopic (exact) mass is 416 g/mol. The summed E-state index contributed by atoms with van der Waals surface area (Å²) in [5, 5.41) is 6.42. The molecule has 9 nitrogen and oxygen atoms in total. The fraction of sp³-hybridized carbons (Fsp3) is 0.273. The van der Waals surface area contributed by atoms with E-state index < -0.39 is 0 Å². The van der Waals surface area contributed by atoms with E-state index in [-0.39, 0.29) is 5.91 Å². The molecule has 158 valence electrons. The van der Waals surface area contributed by atoms with Crippen molar-refractivity contribution in [2.75, 3.05) is 24.2 Å². The summed E-state index contributed by atoms with van der Waals surface area (Å²) in [6, 6.07) is 3.57. The van der Waals surface area contributed by atoms with Crippen LogP contribution in [-0.4, -0.2) is 49.3 Å².